The number of benzene rings is 2. The minimum Gasteiger partial charge on any atom is -0.540 e. The molecule has 2 aromatic rings. The predicted molar refractivity (Wildman–Crippen MR) is 149 cm³/mol. The first-order chi connectivity index (χ1) is 15.4. The van der Waals surface area contributed by atoms with E-state index in [1.54, 1.807) is 0 Å². The third kappa shape index (κ3) is 6.72. The van der Waals surface area contributed by atoms with Gasteiger partial charge in [0.2, 0.25) is 0 Å². The van der Waals surface area contributed by atoms with Crippen molar-refractivity contribution >= 4 is 16.6 Å². The lowest BCUT2D eigenvalue weighted by Gasteiger charge is -2.30. The zero-order valence-electron chi connectivity index (χ0n) is 21.3. The Kier molecular flexibility index (Phi) is 8.55. The highest BCUT2D eigenvalue weighted by atomic mass is 28.4. The predicted octanol–water partition coefficient (Wildman–Crippen LogP) is 8.09. The van der Waals surface area contributed by atoms with Crippen molar-refractivity contribution in [3.05, 3.63) is 109 Å². The molecule has 176 valence electrons. The van der Waals surface area contributed by atoms with Crippen LogP contribution in [0.15, 0.2) is 86.3 Å². The first-order valence-electron chi connectivity index (χ1n) is 11.5. The van der Waals surface area contributed by atoms with Crippen LogP contribution in [-0.2, 0) is 18.3 Å². The summed E-state index contributed by atoms with van der Waals surface area (Å²) in [6, 6.07) is 13.1. The van der Waals surface area contributed by atoms with Crippen LogP contribution in [0, 0.1) is 0 Å². The second-order valence-corrected chi connectivity index (χ2v) is 17.7. The summed E-state index contributed by atoms with van der Waals surface area (Å²) in [5, 5.41) is 0. The summed E-state index contributed by atoms with van der Waals surface area (Å²) in [6.07, 6.45) is 5.38. The van der Waals surface area contributed by atoms with E-state index < -0.39 is 16.6 Å². The quantitative estimate of drug-likeness (QED) is 0.228. The highest BCUT2D eigenvalue weighted by Crippen LogP contribution is 2.37. The van der Waals surface area contributed by atoms with Crippen molar-refractivity contribution in [3.63, 3.8) is 0 Å². The van der Waals surface area contributed by atoms with Crippen molar-refractivity contribution in [2.45, 2.75) is 58.3 Å². The van der Waals surface area contributed by atoms with Gasteiger partial charge in [0.15, 0.2) is 0 Å². The minimum atomic E-state index is -1.95. The second-order valence-electron chi connectivity index (χ2n) is 10.1. The van der Waals surface area contributed by atoms with Gasteiger partial charge in [-0.15, -0.1) is 26.3 Å². The standard InChI is InChI=1S/C29H40O2Si2/c1-11-15-23-21-25(17-19-27(23)30-32(7,8)13-3)29(5,6)26-18-20-28(24(22-26)16-12-2)31-33(9,10)14-4/h11-14,17-22H,1-4,15-16H2,5-10H3. The van der Waals surface area contributed by atoms with Gasteiger partial charge in [0.1, 0.15) is 11.5 Å². The fourth-order valence-corrected chi connectivity index (χ4v) is 5.28. The van der Waals surface area contributed by atoms with Gasteiger partial charge in [-0.05, 0) is 73.4 Å². The maximum absolute atomic E-state index is 6.37. The summed E-state index contributed by atoms with van der Waals surface area (Å²) in [5.74, 6) is 1.86. The molecule has 0 amide bonds. The number of hydrogen-bond donors (Lipinski definition) is 0. The molecule has 33 heavy (non-hydrogen) atoms. The number of rotatable bonds is 12. The van der Waals surface area contributed by atoms with Gasteiger partial charge in [0.25, 0.3) is 16.6 Å². The lowest BCUT2D eigenvalue weighted by molar-refractivity contribution is 0.552. The molecule has 0 heterocycles. The van der Waals surface area contributed by atoms with Gasteiger partial charge in [0.05, 0.1) is 0 Å². The molecule has 0 bridgehead atoms. The Balaban J connectivity index is 2.51. The third-order valence-electron chi connectivity index (χ3n) is 6.02. The summed E-state index contributed by atoms with van der Waals surface area (Å²) < 4.78 is 12.7. The Labute approximate surface area is 203 Å². The normalized spacial score (nSPS) is 12.1. The highest BCUT2D eigenvalue weighted by molar-refractivity contribution is 6.77. The van der Waals surface area contributed by atoms with Gasteiger partial charge in [-0.1, -0.05) is 61.7 Å². The monoisotopic (exact) mass is 476 g/mol. The van der Waals surface area contributed by atoms with E-state index in [0.717, 1.165) is 35.5 Å². The lowest BCUT2D eigenvalue weighted by atomic mass is 9.77. The molecular weight excluding hydrogens is 436 g/mol. The van der Waals surface area contributed by atoms with Crippen LogP contribution < -0.4 is 8.85 Å². The fraction of sp³-hybridized carbons (Fsp3) is 0.310. The maximum Gasteiger partial charge on any atom is 0.269 e. The fourth-order valence-electron chi connectivity index (χ4n) is 3.58. The van der Waals surface area contributed by atoms with Crippen LogP contribution >= 0.6 is 0 Å². The molecule has 0 unspecified atom stereocenters. The Morgan fingerprint density at radius 1 is 0.697 bits per heavy atom. The largest absolute Gasteiger partial charge is 0.540 e. The van der Waals surface area contributed by atoms with Crippen LogP contribution in [0.3, 0.4) is 0 Å². The van der Waals surface area contributed by atoms with Gasteiger partial charge in [0, 0.05) is 5.41 Å². The van der Waals surface area contributed by atoms with Gasteiger partial charge in [-0.3, -0.25) is 0 Å². The molecule has 2 nitrogen and oxygen atoms in total. The third-order valence-corrected chi connectivity index (χ3v) is 9.48. The summed E-state index contributed by atoms with van der Waals surface area (Å²) >= 11 is 0. The van der Waals surface area contributed by atoms with Crippen LogP contribution in [-0.4, -0.2) is 16.6 Å². The van der Waals surface area contributed by atoms with Crippen LogP contribution in [0.2, 0.25) is 26.2 Å². The van der Waals surface area contributed by atoms with E-state index in [4.69, 9.17) is 8.85 Å². The summed E-state index contributed by atoms with van der Waals surface area (Å²) in [6.45, 7) is 28.9. The Morgan fingerprint density at radius 2 is 1.06 bits per heavy atom. The highest BCUT2D eigenvalue weighted by Gasteiger charge is 2.28. The topological polar surface area (TPSA) is 18.5 Å². The van der Waals surface area contributed by atoms with Crippen LogP contribution in [0.25, 0.3) is 0 Å². The van der Waals surface area contributed by atoms with Gasteiger partial charge in [-0.2, -0.15) is 0 Å². The molecule has 0 spiro atoms. The number of allylic oxidation sites excluding steroid dienone is 2. The molecule has 0 N–H and O–H groups in total. The van der Waals surface area contributed by atoms with Crippen molar-refractivity contribution in [2.24, 2.45) is 0 Å². The van der Waals surface area contributed by atoms with Gasteiger partial charge >= 0.3 is 0 Å². The summed E-state index contributed by atoms with van der Waals surface area (Å²) in [5.41, 5.74) is 8.52. The second kappa shape index (κ2) is 10.6. The number of hydrogen-bond acceptors (Lipinski definition) is 2. The smallest absolute Gasteiger partial charge is 0.269 e. The van der Waals surface area contributed by atoms with E-state index in [-0.39, 0.29) is 5.41 Å². The van der Waals surface area contributed by atoms with Crippen LogP contribution in [0.5, 0.6) is 11.5 Å². The van der Waals surface area contributed by atoms with E-state index >= 15 is 0 Å². The zero-order chi connectivity index (χ0) is 24.9. The van der Waals surface area contributed by atoms with Crippen molar-refractivity contribution in [2.75, 3.05) is 0 Å². The molecule has 0 aliphatic rings. The molecule has 0 radical (unpaired) electrons. The zero-order valence-corrected chi connectivity index (χ0v) is 23.3. The first-order valence-corrected chi connectivity index (χ1v) is 17.5. The molecule has 0 saturated carbocycles. The molecule has 0 atom stereocenters. The van der Waals surface area contributed by atoms with E-state index in [1.165, 1.54) is 11.1 Å². The molecule has 2 rings (SSSR count). The Bertz CT molecular complexity index is 950. The Hall–Kier alpha value is -2.57. The molecule has 0 saturated heterocycles. The minimum absolute atomic E-state index is 0.195. The van der Waals surface area contributed by atoms with Crippen molar-refractivity contribution in [1.29, 1.82) is 0 Å². The van der Waals surface area contributed by atoms with Crippen LogP contribution in [0.1, 0.15) is 36.1 Å². The average molecular weight is 477 g/mol. The Morgan fingerprint density at radius 3 is 1.36 bits per heavy atom. The first kappa shape index (κ1) is 26.7. The van der Waals surface area contributed by atoms with Crippen molar-refractivity contribution in [1.82, 2.24) is 0 Å². The van der Waals surface area contributed by atoms with E-state index in [1.807, 2.05) is 23.6 Å². The van der Waals surface area contributed by atoms with Gasteiger partial charge < -0.3 is 8.85 Å². The van der Waals surface area contributed by atoms with E-state index in [0.29, 0.717) is 0 Å². The molecule has 0 aromatic heterocycles. The molecule has 4 heteroatoms. The van der Waals surface area contributed by atoms with Gasteiger partial charge in [-0.25, -0.2) is 0 Å². The van der Waals surface area contributed by atoms with Crippen molar-refractivity contribution in [3.8, 4) is 11.5 Å². The van der Waals surface area contributed by atoms with Crippen LogP contribution in [0.4, 0.5) is 0 Å². The molecule has 0 fully saturated rings. The summed E-state index contributed by atoms with van der Waals surface area (Å²) in [4.78, 5) is 0. The lowest BCUT2D eigenvalue weighted by Crippen LogP contribution is -2.32. The molecule has 0 aliphatic heterocycles. The summed E-state index contributed by atoms with van der Waals surface area (Å²) in [7, 11) is -3.90. The molecule has 0 aliphatic carbocycles. The molecular formula is C29H40O2Si2. The molecule has 2 aromatic carbocycles. The van der Waals surface area contributed by atoms with E-state index in [2.05, 4.69) is 103 Å². The maximum atomic E-state index is 6.37. The van der Waals surface area contributed by atoms with Crippen molar-refractivity contribution < 1.29 is 8.85 Å². The SMILES string of the molecule is C=CCc1cc(C(C)(C)c2ccc(O[Si](C)(C)C=C)c(CC=C)c2)ccc1O[Si](C)(C)C=C. The van der Waals surface area contributed by atoms with E-state index in [9.17, 15) is 0 Å². The average Bonchev–Trinajstić information content (AvgIpc) is 2.76.